The molecule has 1 aromatic rings. The normalized spacial score (nSPS) is 8.50. The molecule has 0 radical (unpaired) electrons. The number of hydrogen-bond acceptors (Lipinski definition) is 2. The SMILES string of the molecule is COCc1[c-]nccc1.[Rf]. The van der Waals surface area contributed by atoms with Crippen molar-refractivity contribution in [1.82, 2.24) is 4.98 Å². The fraction of sp³-hybridized carbons (Fsp3) is 0.286. The Bertz CT molecular complexity index is 167. The molecule has 50 valence electrons. The van der Waals surface area contributed by atoms with Crippen molar-refractivity contribution in [2.45, 2.75) is 6.61 Å². The van der Waals surface area contributed by atoms with Crippen molar-refractivity contribution in [3.63, 3.8) is 0 Å². The maximum Gasteiger partial charge on any atom is 0.0503 e. The maximum absolute atomic E-state index is 4.86. The number of pyridine rings is 1. The Hall–Kier alpha value is -1.89. The molecule has 0 spiro atoms. The van der Waals surface area contributed by atoms with Crippen LogP contribution >= 0.6 is 0 Å². The first kappa shape index (κ1) is 8.11. The largest absolute Gasteiger partial charge is 0.394 e. The van der Waals surface area contributed by atoms with Crippen molar-refractivity contribution in [1.29, 1.82) is 0 Å². The van der Waals surface area contributed by atoms with Gasteiger partial charge in [0.1, 0.15) is 0 Å². The van der Waals surface area contributed by atoms with Gasteiger partial charge >= 0.3 is 0 Å². The van der Waals surface area contributed by atoms with Gasteiger partial charge in [0.05, 0.1) is 6.61 Å². The van der Waals surface area contributed by atoms with Crippen LogP contribution in [0.15, 0.2) is 18.3 Å². The summed E-state index contributed by atoms with van der Waals surface area (Å²) in [6, 6.07) is 3.79. The van der Waals surface area contributed by atoms with Crippen molar-refractivity contribution in [2.75, 3.05) is 7.11 Å². The molecule has 1 aromatic heterocycles. The molecule has 0 atom stereocenters. The second kappa shape index (κ2) is 4.04. The number of methoxy groups -OCH3 is 1. The molecule has 0 saturated carbocycles. The van der Waals surface area contributed by atoms with Gasteiger partial charge in [0, 0.05) is 7.11 Å². The van der Waals surface area contributed by atoms with Crippen LogP contribution in [-0.4, -0.2) is 12.1 Å². The zero-order valence-electron chi connectivity index (χ0n) is 6.00. The molecule has 10 heavy (non-hydrogen) atoms. The van der Waals surface area contributed by atoms with E-state index in [0.717, 1.165) is 5.56 Å². The molecule has 1 heterocycles. The van der Waals surface area contributed by atoms with Crippen LogP contribution in [0.2, 0.25) is 0 Å². The zero-order valence-corrected chi connectivity index (χ0v) is 12.4. The third-order valence-electron chi connectivity index (χ3n) is 0.966. The molecule has 0 aliphatic heterocycles. The molecule has 0 unspecified atom stereocenters. The van der Waals surface area contributed by atoms with E-state index < -0.39 is 0 Å². The summed E-state index contributed by atoms with van der Waals surface area (Å²) in [6.45, 7) is 0.591. The van der Waals surface area contributed by atoms with Crippen LogP contribution in [-0.2, 0) is 11.3 Å². The van der Waals surface area contributed by atoms with Gasteiger partial charge in [-0.05, 0) is 0 Å². The average Bonchev–Trinajstić information content (AvgIpc) is 1.91. The van der Waals surface area contributed by atoms with E-state index in [1.165, 1.54) is 0 Å². The number of rotatable bonds is 2. The molecular weight excluding hydrogens is 381 g/mol. The van der Waals surface area contributed by atoms with E-state index in [4.69, 9.17) is 4.74 Å². The van der Waals surface area contributed by atoms with Crippen LogP contribution in [0.1, 0.15) is 5.56 Å². The molecule has 3 heteroatoms. The Kier molecular flexibility index (Phi) is 3.27. The minimum Gasteiger partial charge on any atom is -0.394 e. The van der Waals surface area contributed by atoms with Crippen molar-refractivity contribution in [3.05, 3.63) is 30.1 Å². The molecule has 0 saturated heterocycles. The van der Waals surface area contributed by atoms with Gasteiger partial charge in [0.2, 0.25) is 0 Å². The van der Waals surface area contributed by atoms with Gasteiger partial charge in [-0.25, -0.2) is 0 Å². The van der Waals surface area contributed by atoms with E-state index in [0.29, 0.717) is 6.61 Å². The topological polar surface area (TPSA) is 22.1 Å². The van der Waals surface area contributed by atoms with Gasteiger partial charge in [-0.2, -0.15) is 12.1 Å². The van der Waals surface area contributed by atoms with Gasteiger partial charge < -0.3 is 9.72 Å². The Balaban J connectivity index is 0.000000810. The van der Waals surface area contributed by atoms with Gasteiger partial charge in [0.25, 0.3) is 0 Å². The third-order valence-corrected chi connectivity index (χ3v) is 0.966. The van der Waals surface area contributed by atoms with Gasteiger partial charge in [-0.1, -0.05) is 12.4 Å². The molecule has 0 fully saturated rings. The third kappa shape index (κ3) is 1.92. The summed E-state index contributed by atoms with van der Waals surface area (Å²) >= 11 is 0. The van der Waals surface area contributed by atoms with E-state index in [1.54, 1.807) is 13.3 Å². The summed E-state index contributed by atoms with van der Waals surface area (Å²) in [6.07, 6.45) is 4.49. The monoisotopic (exact) mass is 389 g/mol. The molecule has 0 bridgehead atoms. The summed E-state index contributed by atoms with van der Waals surface area (Å²) in [5, 5.41) is 0. The van der Waals surface area contributed by atoms with Crippen molar-refractivity contribution in [2.24, 2.45) is 0 Å². The molecule has 0 aliphatic carbocycles. The van der Waals surface area contributed by atoms with Gasteiger partial charge in [0.15, 0.2) is 0 Å². The Labute approximate surface area is 54.5 Å². The average molecular weight is 389 g/mol. The van der Waals surface area contributed by atoms with Crippen LogP contribution in [0.25, 0.3) is 0 Å². The van der Waals surface area contributed by atoms with Crippen LogP contribution in [0.4, 0.5) is 0 Å². The maximum atomic E-state index is 4.86. The minimum absolute atomic E-state index is 0. The molecule has 0 aliphatic rings. The summed E-state index contributed by atoms with van der Waals surface area (Å²) in [7, 11) is 1.65. The predicted octanol–water partition coefficient (Wildman–Crippen LogP) is 1.03. The Morgan fingerprint density at radius 1 is 1.70 bits per heavy atom. The molecular formula is C7H8NORf-. The Morgan fingerprint density at radius 3 is 3.00 bits per heavy atom. The predicted molar refractivity (Wildman–Crippen MR) is 33.8 cm³/mol. The van der Waals surface area contributed by atoms with Crippen LogP contribution in [0.5, 0.6) is 0 Å². The number of ether oxygens (including phenoxy) is 1. The standard InChI is InChI=1S/C7H8NO.Rf/c1-9-6-7-3-2-4-8-5-7;/h2-4H,6H2,1H3;/q-1;. The Morgan fingerprint density at radius 2 is 2.50 bits per heavy atom. The van der Waals surface area contributed by atoms with E-state index in [9.17, 15) is 0 Å². The zero-order chi connectivity index (χ0) is 6.53. The smallest absolute Gasteiger partial charge is 0.0503 e. The number of hydrogen-bond donors (Lipinski definition) is 0. The van der Waals surface area contributed by atoms with Crippen molar-refractivity contribution in [3.8, 4) is 0 Å². The van der Waals surface area contributed by atoms with E-state index in [-0.39, 0.29) is 0 Å². The summed E-state index contributed by atoms with van der Waals surface area (Å²) in [5.41, 5.74) is 0.986. The molecule has 2 nitrogen and oxygen atoms in total. The van der Waals surface area contributed by atoms with Crippen LogP contribution in [0, 0.1) is 6.20 Å². The quantitative estimate of drug-likeness (QED) is 0.706. The van der Waals surface area contributed by atoms with E-state index >= 15 is 0 Å². The number of aromatic nitrogens is 1. The summed E-state index contributed by atoms with van der Waals surface area (Å²) in [4.78, 5) is 3.80. The van der Waals surface area contributed by atoms with Crippen LogP contribution in [0.3, 0.4) is 0 Å². The first-order valence-corrected chi connectivity index (χ1v) is 2.74. The van der Waals surface area contributed by atoms with Gasteiger partial charge in [-0.15, -0.1) is 5.56 Å². The fourth-order valence-corrected chi connectivity index (χ4v) is 0.596. The second-order valence-electron chi connectivity index (χ2n) is 1.71. The fourth-order valence-electron chi connectivity index (χ4n) is 0.596. The summed E-state index contributed by atoms with van der Waals surface area (Å²) < 4.78 is 4.86. The second-order valence-corrected chi connectivity index (χ2v) is 1.71. The number of nitrogens with zero attached hydrogens (tertiary/aromatic N) is 1. The first-order valence-electron chi connectivity index (χ1n) is 2.74. The van der Waals surface area contributed by atoms with Gasteiger partial charge in [-0.3, -0.25) is 0 Å². The van der Waals surface area contributed by atoms with E-state index in [2.05, 4.69) is 11.2 Å². The minimum atomic E-state index is 0. The molecule has 0 N–H and O–H groups in total. The van der Waals surface area contributed by atoms with Crippen LogP contribution < -0.4 is 0 Å². The van der Waals surface area contributed by atoms with Crippen molar-refractivity contribution < 1.29 is 4.74 Å². The van der Waals surface area contributed by atoms with E-state index in [1.807, 2.05) is 12.1 Å². The molecule has 0 aromatic carbocycles. The molecule has 0 amide bonds. The first-order chi connectivity index (χ1) is 4.43. The summed E-state index contributed by atoms with van der Waals surface area (Å²) in [5.74, 6) is 0. The van der Waals surface area contributed by atoms with Crippen molar-refractivity contribution >= 4 is 0 Å². The molecule has 1 rings (SSSR count).